The van der Waals surface area contributed by atoms with E-state index in [9.17, 15) is 5.26 Å². The van der Waals surface area contributed by atoms with E-state index in [1.807, 2.05) is 0 Å². The predicted molar refractivity (Wildman–Crippen MR) is 79.3 cm³/mol. The molecule has 0 fully saturated rings. The minimum absolute atomic E-state index is 0.0109. The maximum Gasteiger partial charge on any atom is 0.103 e. The van der Waals surface area contributed by atoms with E-state index in [2.05, 4.69) is 11.2 Å². The van der Waals surface area contributed by atoms with Crippen LogP contribution in [0.25, 0.3) is 11.6 Å². The van der Waals surface area contributed by atoms with Crippen molar-refractivity contribution in [2.24, 2.45) is 0 Å². The van der Waals surface area contributed by atoms with Crippen molar-refractivity contribution < 1.29 is 5.11 Å². The topological polar surface area (TPSA) is 61.8 Å². The average molecular weight is 308 g/mol. The van der Waals surface area contributed by atoms with Crippen molar-refractivity contribution in [1.82, 2.24) is 9.78 Å². The van der Waals surface area contributed by atoms with Crippen LogP contribution in [0.1, 0.15) is 11.3 Å². The highest BCUT2D eigenvalue weighted by atomic mass is 35.5. The van der Waals surface area contributed by atoms with Gasteiger partial charge in [0, 0.05) is 21.8 Å². The Morgan fingerprint density at radius 3 is 2.65 bits per heavy atom. The van der Waals surface area contributed by atoms with Gasteiger partial charge >= 0.3 is 0 Å². The Bertz CT molecular complexity index is 666. The highest BCUT2D eigenvalue weighted by Gasteiger charge is 2.09. The first kappa shape index (κ1) is 14.6. The number of nitrogens with zero attached hydrogens (tertiary/aromatic N) is 3. The summed E-state index contributed by atoms with van der Waals surface area (Å²) in [5.74, 6) is 0. The van der Waals surface area contributed by atoms with Crippen LogP contribution in [0.2, 0.25) is 10.0 Å². The number of allylic oxidation sites excluding steroid dienone is 1. The highest BCUT2D eigenvalue weighted by Crippen LogP contribution is 2.28. The van der Waals surface area contributed by atoms with Gasteiger partial charge in [0.25, 0.3) is 0 Å². The third-order valence-electron chi connectivity index (χ3n) is 2.65. The molecule has 0 amide bonds. The van der Waals surface area contributed by atoms with Crippen molar-refractivity contribution in [1.29, 1.82) is 5.26 Å². The van der Waals surface area contributed by atoms with Gasteiger partial charge in [-0.1, -0.05) is 29.3 Å². The minimum atomic E-state index is -0.0109. The third-order valence-corrected chi connectivity index (χ3v) is 3.31. The molecule has 0 atom stereocenters. The molecule has 0 saturated heterocycles. The first-order chi connectivity index (χ1) is 9.65. The molecule has 2 aromatic rings. The number of benzene rings is 1. The Morgan fingerprint density at radius 1 is 1.35 bits per heavy atom. The molecule has 6 heteroatoms. The molecule has 0 saturated carbocycles. The molecule has 4 nitrogen and oxygen atoms in total. The molecule has 0 bridgehead atoms. The zero-order chi connectivity index (χ0) is 14.5. The Hall–Kier alpha value is -1.80. The molecule has 20 heavy (non-hydrogen) atoms. The van der Waals surface area contributed by atoms with Crippen LogP contribution in [-0.4, -0.2) is 21.5 Å². The van der Waals surface area contributed by atoms with Crippen LogP contribution in [0, 0.1) is 11.3 Å². The van der Waals surface area contributed by atoms with Crippen molar-refractivity contribution in [2.45, 2.75) is 6.54 Å². The summed E-state index contributed by atoms with van der Waals surface area (Å²) in [6, 6.07) is 8.94. The molecule has 0 aliphatic heterocycles. The zero-order valence-corrected chi connectivity index (χ0v) is 11.9. The Kier molecular flexibility index (Phi) is 4.80. The van der Waals surface area contributed by atoms with Gasteiger partial charge in [-0.15, -0.1) is 0 Å². The van der Waals surface area contributed by atoms with E-state index in [-0.39, 0.29) is 6.61 Å². The molecule has 2 rings (SSSR count). The normalized spacial score (nSPS) is 11.4. The van der Waals surface area contributed by atoms with Crippen LogP contribution in [0.5, 0.6) is 0 Å². The molecule has 102 valence electrons. The lowest BCUT2D eigenvalue weighted by Crippen LogP contribution is -2.02. The number of hydrogen-bond donors (Lipinski definition) is 1. The van der Waals surface area contributed by atoms with Gasteiger partial charge in [0.1, 0.15) is 11.8 Å². The van der Waals surface area contributed by atoms with E-state index in [4.69, 9.17) is 28.3 Å². The SMILES string of the molecule is N#C/C(=C/c1c(Cl)cccc1Cl)c1ccn(CCO)n1. The summed E-state index contributed by atoms with van der Waals surface area (Å²) >= 11 is 12.2. The molecule has 1 aromatic heterocycles. The van der Waals surface area contributed by atoms with Crippen molar-refractivity contribution in [3.8, 4) is 6.07 Å². The third kappa shape index (κ3) is 3.20. The van der Waals surface area contributed by atoms with Gasteiger partial charge in [-0.05, 0) is 24.3 Å². The summed E-state index contributed by atoms with van der Waals surface area (Å²) in [4.78, 5) is 0. The van der Waals surface area contributed by atoms with Gasteiger partial charge in [-0.3, -0.25) is 4.68 Å². The fraction of sp³-hybridized carbons (Fsp3) is 0.143. The molecule has 0 unspecified atom stereocenters. The molecular formula is C14H11Cl2N3O. The number of rotatable bonds is 4. The Balaban J connectivity index is 2.41. The molecule has 0 aliphatic carbocycles. The monoisotopic (exact) mass is 307 g/mol. The van der Waals surface area contributed by atoms with Crippen molar-refractivity contribution in [3.05, 3.63) is 51.8 Å². The number of halogens is 2. The van der Waals surface area contributed by atoms with E-state index < -0.39 is 0 Å². The lowest BCUT2D eigenvalue weighted by atomic mass is 10.1. The summed E-state index contributed by atoms with van der Waals surface area (Å²) in [5, 5.41) is 23.3. The van der Waals surface area contributed by atoms with Crippen LogP contribution in [-0.2, 0) is 6.54 Å². The molecule has 0 aliphatic rings. The fourth-order valence-electron chi connectivity index (χ4n) is 1.69. The van der Waals surface area contributed by atoms with E-state index in [1.54, 1.807) is 41.2 Å². The summed E-state index contributed by atoms with van der Waals surface area (Å²) in [5.41, 5.74) is 1.46. The van der Waals surface area contributed by atoms with Crippen LogP contribution in [0.3, 0.4) is 0 Å². The largest absolute Gasteiger partial charge is 0.394 e. The smallest absolute Gasteiger partial charge is 0.103 e. The van der Waals surface area contributed by atoms with Crippen molar-refractivity contribution >= 4 is 34.9 Å². The maximum atomic E-state index is 9.26. The summed E-state index contributed by atoms with van der Waals surface area (Å²) in [6.45, 7) is 0.370. The van der Waals surface area contributed by atoms with Crippen molar-refractivity contribution in [2.75, 3.05) is 6.61 Å². The second-order valence-electron chi connectivity index (χ2n) is 3.99. The number of aromatic nitrogens is 2. The second kappa shape index (κ2) is 6.58. The van der Waals surface area contributed by atoms with Crippen LogP contribution in [0.15, 0.2) is 30.5 Å². The molecule has 1 aromatic carbocycles. The van der Waals surface area contributed by atoms with Crippen LogP contribution in [0.4, 0.5) is 0 Å². The number of aliphatic hydroxyl groups is 1. The molecule has 0 spiro atoms. The van der Waals surface area contributed by atoms with Crippen LogP contribution < -0.4 is 0 Å². The zero-order valence-electron chi connectivity index (χ0n) is 10.4. The molecule has 1 N–H and O–H groups in total. The van der Waals surface area contributed by atoms with E-state index in [1.165, 1.54) is 0 Å². The van der Waals surface area contributed by atoms with Gasteiger partial charge in [0.05, 0.1) is 18.7 Å². The maximum absolute atomic E-state index is 9.26. The molecular weight excluding hydrogens is 297 g/mol. The number of nitriles is 1. The van der Waals surface area contributed by atoms with E-state index in [0.717, 1.165) is 0 Å². The van der Waals surface area contributed by atoms with Gasteiger partial charge in [-0.25, -0.2) is 0 Å². The van der Waals surface area contributed by atoms with Gasteiger partial charge < -0.3 is 5.11 Å². The fourth-order valence-corrected chi connectivity index (χ4v) is 2.20. The lowest BCUT2D eigenvalue weighted by Gasteiger charge is -2.02. The van der Waals surface area contributed by atoms with E-state index >= 15 is 0 Å². The first-order valence-corrected chi connectivity index (χ1v) is 6.62. The lowest BCUT2D eigenvalue weighted by molar-refractivity contribution is 0.269. The van der Waals surface area contributed by atoms with Gasteiger partial charge in [0.2, 0.25) is 0 Å². The standard InChI is InChI=1S/C14H11Cl2N3O/c15-12-2-1-3-13(16)11(12)8-10(9-17)14-4-5-19(18-14)6-7-20/h1-5,8,20H,6-7H2/b10-8-. The second-order valence-corrected chi connectivity index (χ2v) is 4.81. The Morgan fingerprint density at radius 2 is 2.05 bits per heavy atom. The quantitative estimate of drug-likeness (QED) is 0.882. The first-order valence-electron chi connectivity index (χ1n) is 5.86. The molecule has 0 radical (unpaired) electrons. The average Bonchev–Trinajstić information content (AvgIpc) is 2.87. The number of aliphatic hydroxyl groups excluding tert-OH is 1. The van der Waals surface area contributed by atoms with Crippen molar-refractivity contribution in [3.63, 3.8) is 0 Å². The summed E-state index contributed by atoms with van der Waals surface area (Å²) < 4.78 is 1.56. The molecule has 1 heterocycles. The van der Waals surface area contributed by atoms with Gasteiger partial charge in [0.15, 0.2) is 0 Å². The predicted octanol–water partition coefficient (Wildman–Crippen LogP) is 3.25. The van der Waals surface area contributed by atoms with Crippen LogP contribution >= 0.6 is 23.2 Å². The number of hydrogen-bond acceptors (Lipinski definition) is 3. The van der Waals surface area contributed by atoms with Gasteiger partial charge in [-0.2, -0.15) is 10.4 Å². The highest BCUT2D eigenvalue weighted by molar-refractivity contribution is 6.37. The van der Waals surface area contributed by atoms with E-state index in [0.29, 0.717) is 33.4 Å². The summed E-state index contributed by atoms with van der Waals surface area (Å²) in [6.07, 6.45) is 3.31. The summed E-state index contributed by atoms with van der Waals surface area (Å²) in [7, 11) is 0. The Labute approximate surface area is 126 Å². The minimum Gasteiger partial charge on any atom is -0.394 e.